The van der Waals surface area contributed by atoms with E-state index in [-0.39, 0.29) is 5.91 Å². The Morgan fingerprint density at radius 2 is 1.65 bits per heavy atom. The van der Waals surface area contributed by atoms with Gasteiger partial charge in [-0.25, -0.2) is 0 Å². The van der Waals surface area contributed by atoms with Crippen molar-refractivity contribution in [3.8, 4) is 5.75 Å². The summed E-state index contributed by atoms with van der Waals surface area (Å²) in [6.07, 6.45) is 1.44. The molecule has 0 aromatic heterocycles. The zero-order chi connectivity index (χ0) is 18.2. The quantitative estimate of drug-likeness (QED) is 0.745. The standard InChI is InChI=1S/C21H25ClN2O2/c22-19-8-6-18(7-9-19)10-12-23-13-15-24(16-14-23)21(25)11-17-26-20-4-2-1-3-5-20/h1-9H,10-17H2. The number of rotatable bonds is 7. The first-order chi connectivity index (χ1) is 12.7. The molecule has 0 radical (unpaired) electrons. The van der Waals surface area contributed by atoms with Crippen LogP contribution >= 0.6 is 11.6 Å². The summed E-state index contributed by atoms with van der Waals surface area (Å²) in [6.45, 7) is 4.90. The zero-order valence-electron chi connectivity index (χ0n) is 14.9. The van der Waals surface area contributed by atoms with E-state index in [0.29, 0.717) is 13.0 Å². The number of hydrogen-bond acceptors (Lipinski definition) is 3. The molecule has 0 N–H and O–H groups in total. The first kappa shape index (κ1) is 18.7. The van der Waals surface area contributed by atoms with E-state index in [0.717, 1.165) is 49.9 Å². The molecule has 0 atom stereocenters. The van der Waals surface area contributed by atoms with E-state index in [9.17, 15) is 4.79 Å². The molecule has 0 bridgehead atoms. The minimum absolute atomic E-state index is 0.179. The third kappa shape index (κ3) is 5.75. The van der Waals surface area contributed by atoms with E-state index in [1.165, 1.54) is 5.56 Å². The van der Waals surface area contributed by atoms with Gasteiger partial charge in [0.1, 0.15) is 5.75 Å². The van der Waals surface area contributed by atoms with Crippen molar-refractivity contribution in [1.82, 2.24) is 9.80 Å². The van der Waals surface area contributed by atoms with E-state index >= 15 is 0 Å². The molecular formula is C21H25ClN2O2. The molecule has 0 spiro atoms. The van der Waals surface area contributed by atoms with Crippen molar-refractivity contribution in [3.63, 3.8) is 0 Å². The van der Waals surface area contributed by atoms with Crippen LogP contribution in [0.25, 0.3) is 0 Å². The number of para-hydroxylation sites is 1. The zero-order valence-corrected chi connectivity index (χ0v) is 15.7. The monoisotopic (exact) mass is 372 g/mol. The molecule has 0 saturated carbocycles. The average Bonchev–Trinajstić information content (AvgIpc) is 2.69. The van der Waals surface area contributed by atoms with E-state index in [2.05, 4.69) is 17.0 Å². The van der Waals surface area contributed by atoms with Crippen molar-refractivity contribution in [1.29, 1.82) is 0 Å². The molecule has 1 aliphatic rings. The number of benzene rings is 2. The third-order valence-electron chi connectivity index (χ3n) is 4.68. The summed E-state index contributed by atoms with van der Waals surface area (Å²) in [5.41, 5.74) is 1.30. The number of carbonyl (C=O) groups is 1. The molecule has 2 aromatic rings. The fourth-order valence-electron chi connectivity index (χ4n) is 3.09. The summed E-state index contributed by atoms with van der Waals surface area (Å²) in [4.78, 5) is 16.7. The van der Waals surface area contributed by atoms with Crippen LogP contribution in [-0.2, 0) is 11.2 Å². The molecule has 0 unspecified atom stereocenters. The highest BCUT2D eigenvalue weighted by Crippen LogP contribution is 2.12. The minimum Gasteiger partial charge on any atom is -0.493 e. The second-order valence-electron chi connectivity index (χ2n) is 6.51. The van der Waals surface area contributed by atoms with Crippen LogP contribution < -0.4 is 4.74 Å². The average molecular weight is 373 g/mol. The molecule has 1 saturated heterocycles. The van der Waals surface area contributed by atoms with E-state index in [4.69, 9.17) is 16.3 Å². The second kappa shape index (κ2) is 9.60. The van der Waals surface area contributed by atoms with Crippen molar-refractivity contribution in [2.75, 3.05) is 39.3 Å². The molecule has 4 nitrogen and oxygen atoms in total. The molecule has 3 rings (SSSR count). The highest BCUT2D eigenvalue weighted by molar-refractivity contribution is 6.30. The Labute approximate surface area is 160 Å². The van der Waals surface area contributed by atoms with Crippen molar-refractivity contribution >= 4 is 17.5 Å². The fourth-order valence-corrected chi connectivity index (χ4v) is 3.22. The Hall–Kier alpha value is -2.04. The lowest BCUT2D eigenvalue weighted by molar-refractivity contribution is -0.133. The van der Waals surface area contributed by atoms with Crippen LogP contribution in [-0.4, -0.2) is 55.0 Å². The van der Waals surface area contributed by atoms with Gasteiger partial charge in [-0.15, -0.1) is 0 Å². The number of carbonyl (C=O) groups excluding carboxylic acids is 1. The summed E-state index contributed by atoms with van der Waals surface area (Å²) in [5.74, 6) is 0.991. The summed E-state index contributed by atoms with van der Waals surface area (Å²) in [6, 6.07) is 17.7. The minimum atomic E-state index is 0.179. The predicted octanol–water partition coefficient (Wildman–Crippen LogP) is 3.50. The molecule has 1 amide bonds. The maximum Gasteiger partial charge on any atom is 0.226 e. The highest BCUT2D eigenvalue weighted by atomic mass is 35.5. The van der Waals surface area contributed by atoms with Gasteiger partial charge in [0.2, 0.25) is 5.91 Å². The summed E-state index contributed by atoms with van der Waals surface area (Å²) in [5, 5.41) is 0.775. The van der Waals surface area contributed by atoms with Gasteiger partial charge in [-0.2, -0.15) is 0 Å². The summed E-state index contributed by atoms with van der Waals surface area (Å²) in [7, 11) is 0. The van der Waals surface area contributed by atoms with Crippen LogP contribution in [0.15, 0.2) is 54.6 Å². The Balaban J connectivity index is 1.33. The number of piperazine rings is 1. The van der Waals surface area contributed by atoms with Crippen LogP contribution in [0.2, 0.25) is 5.02 Å². The van der Waals surface area contributed by atoms with E-state index in [1.54, 1.807) is 0 Å². The molecule has 1 heterocycles. The molecule has 26 heavy (non-hydrogen) atoms. The fraction of sp³-hybridized carbons (Fsp3) is 0.381. The van der Waals surface area contributed by atoms with Crippen molar-refractivity contribution in [2.24, 2.45) is 0 Å². The Bertz CT molecular complexity index is 683. The molecule has 5 heteroatoms. The van der Waals surface area contributed by atoms with Gasteiger partial charge < -0.3 is 9.64 Å². The smallest absolute Gasteiger partial charge is 0.226 e. The summed E-state index contributed by atoms with van der Waals surface area (Å²) < 4.78 is 5.62. The van der Waals surface area contributed by atoms with Crippen LogP contribution in [0.1, 0.15) is 12.0 Å². The molecule has 1 aliphatic heterocycles. The predicted molar refractivity (Wildman–Crippen MR) is 105 cm³/mol. The van der Waals surface area contributed by atoms with E-state index < -0.39 is 0 Å². The van der Waals surface area contributed by atoms with Gasteiger partial charge in [0.05, 0.1) is 13.0 Å². The Morgan fingerprint density at radius 3 is 2.35 bits per heavy atom. The molecule has 0 aliphatic carbocycles. The summed E-state index contributed by atoms with van der Waals surface area (Å²) >= 11 is 5.92. The van der Waals surface area contributed by atoms with Crippen molar-refractivity contribution in [3.05, 3.63) is 65.2 Å². The molecule has 138 valence electrons. The number of ether oxygens (including phenoxy) is 1. The van der Waals surface area contributed by atoms with Gasteiger partial charge in [0.15, 0.2) is 0 Å². The van der Waals surface area contributed by atoms with E-state index in [1.807, 2.05) is 47.4 Å². The van der Waals surface area contributed by atoms with Crippen LogP contribution in [0.3, 0.4) is 0 Å². The number of hydrogen-bond donors (Lipinski definition) is 0. The maximum absolute atomic E-state index is 12.3. The maximum atomic E-state index is 12.3. The van der Waals surface area contributed by atoms with Gasteiger partial charge in [0.25, 0.3) is 0 Å². The topological polar surface area (TPSA) is 32.8 Å². The van der Waals surface area contributed by atoms with Crippen LogP contribution in [0.4, 0.5) is 0 Å². The Kier molecular flexibility index (Phi) is 6.92. The second-order valence-corrected chi connectivity index (χ2v) is 6.95. The lowest BCUT2D eigenvalue weighted by atomic mass is 10.1. The Morgan fingerprint density at radius 1 is 0.962 bits per heavy atom. The first-order valence-corrected chi connectivity index (χ1v) is 9.51. The highest BCUT2D eigenvalue weighted by Gasteiger charge is 2.20. The lowest BCUT2D eigenvalue weighted by Gasteiger charge is -2.34. The normalized spacial score (nSPS) is 15.0. The van der Waals surface area contributed by atoms with Gasteiger partial charge in [-0.3, -0.25) is 9.69 Å². The van der Waals surface area contributed by atoms with Gasteiger partial charge in [0, 0.05) is 37.7 Å². The number of nitrogens with zero attached hydrogens (tertiary/aromatic N) is 2. The van der Waals surface area contributed by atoms with Crippen molar-refractivity contribution in [2.45, 2.75) is 12.8 Å². The molecular weight excluding hydrogens is 348 g/mol. The first-order valence-electron chi connectivity index (χ1n) is 9.13. The van der Waals surface area contributed by atoms with Gasteiger partial charge in [-0.05, 0) is 36.2 Å². The third-order valence-corrected chi connectivity index (χ3v) is 4.93. The van der Waals surface area contributed by atoms with Crippen LogP contribution in [0, 0.1) is 0 Å². The largest absolute Gasteiger partial charge is 0.493 e. The number of amides is 1. The van der Waals surface area contributed by atoms with Gasteiger partial charge in [-0.1, -0.05) is 41.9 Å². The number of halogens is 1. The van der Waals surface area contributed by atoms with Crippen LogP contribution in [0.5, 0.6) is 5.75 Å². The van der Waals surface area contributed by atoms with Crippen molar-refractivity contribution < 1.29 is 9.53 Å². The van der Waals surface area contributed by atoms with Gasteiger partial charge >= 0.3 is 0 Å². The lowest BCUT2D eigenvalue weighted by Crippen LogP contribution is -2.49. The molecule has 1 fully saturated rings. The SMILES string of the molecule is O=C(CCOc1ccccc1)N1CCN(CCc2ccc(Cl)cc2)CC1. The molecule has 2 aromatic carbocycles.